The van der Waals surface area contributed by atoms with E-state index >= 15 is 0 Å². The van der Waals surface area contributed by atoms with Gasteiger partial charge in [-0.15, -0.1) is 0 Å². The number of nitrogens with one attached hydrogen (secondary N) is 1. The fourth-order valence-corrected chi connectivity index (χ4v) is 3.64. The van der Waals surface area contributed by atoms with E-state index in [1.165, 1.54) is 0 Å². The summed E-state index contributed by atoms with van der Waals surface area (Å²) in [4.78, 5) is 27.2. The van der Waals surface area contributed by atoms with Crippen molar-refractivity contribution in [2.45, 2.75) is 65.0 Å². The minimum atomic E-state index is -0.597. The third-order valence-electron chi connectivity index (χ3n) is 4.74. The van der Waals surface area contributed by atoms with E-state index in [9.17, 15) is 9.59 Å². The summed E-state index contributed by atoms with van der Waals surface area (Å²) in [6.07, 6.45) is 2.70. The molecule has 6 heteroatoms. The molecule has 1 aliphatic heterocycles. The molecule has 1 saturated heterocycles. The first-order valence-electron chi connectivity index (χ1n) is 9.67. The Morgan fingerprint density at radius 3 is 2.48 bits per heavy atom. The van der Waals surface area contributed by atoms with Crippen LogP contribution in [0.15, 0.2) is 28.7 Å². The van der Waals surface area contributed by atoms with Gasteiger partial charge in [0.25, 0.3) is 0 Å². The summed E-state index contributed by atoms with van der Waals surface area (Å²) in [5, 5.41) is 2.80. The Kier molecular flexibility index (Phi) is 7.71. The highest BCUT2D eigenvalue weighted by atomic mass is 79.9. The molecule has 27 heavy (non-hydrogen) atoms. The van der Waals surface area contributed by atoms with Crippen LogP contribution in [0.3, 0.4) is 0 Å². The number of halogens is 1. The van der Waals surface area contributed by atoms with Gasteiger partial charge in [-0.3, -0.25) is 4.79 Å². The molecular formula is C21H31BrN2O3. The van der Waals surface area contributed by atoms with E-state index in [4.69, 9.17) is 4.74 Å². The molecule has 0 radical (unpaired) electrons. The van der Waals surface area contributed by atoms with Gasteiger partial charge in [-0.1, -0.05) is 41.1 Å². The minimum absolute atomic E-state index is 0.0141. The number of alkyl carbamates (subject to hydrolysis) is 1. The molecule has 0 aromatic heterocycles. The number of amides is 2. The lowest BCUT2D eigenvalue weighted by Gasteiger charge is -2.33. The van der Waals surface area contributed by atoms with Crippen LogP contribution in [-0.2, 0) is 16.0 Å². The Bertz CT molecular complexity index is 649. The summed E-state index contributed by atoms with van der Waals surface area (Å²) in [6, 6.07) is 7.37. The summed E-state index contributed by atoms with van der Waals surface area (Å²) >= 11 is 3.55. The third kappa shape index (κ3) is 7.17. The number of aryl methyl sites for hydroxylation is 1. The molecule has 1 atom stereocenters. The first kappa shape index (κ1) is 21.7. The molecule has 5 nitrogen and oxygen atoms in total. The number of rotatable bonds is 5. The van der Waals surface area contributed by atoms with Gasteiger partial charge in [-0.2, -0.15) is 0 Å². The molecular weight excluding hydrogens is 408 g/mol. The summed E-state index contributed by atoms with van der Waals surface area (Å²) in [7, 11) is 0. The molecule has 2 rings (SSSR count). The third-order valence-corrected chi connectivity index (χ3v) is 5.52. The fourth-order valence-electron chi connectivity index (χ4n) is 3.16. The summed E-state index contributed by atoms with van der Waals surface area (Å²) in [6.45, 7) is 9.16. The molecule has 1 N–H and O–H groups in total. The standard InChI is InChI=1S/C21H31BrN2O3/c1-15-11-13-24(14-12-15)19(25)18(23-20(26)27-21(2,3)4)10-9-16-7-5-6-8-17(16)22/h5-8,15,18H,9-14H2,1-4H3,(H,23,26). The molecule has 1 aromatic rings. The first-order valence-corrected chi connectivity index (χ1v) is 10.5. The van der Waals surface area contributed by atoms with E-state index in [2.05, 4.69) is 28.2 Å². The van der Waals surface area contributed by atoms with Crippen molar-refractivity contribution in [1.82, 2.24) is 10.2 Å². The van der Waals surface area contributed by atoms with Crippen molar-refractivity contribution in [1.29, 1.82) is 0 Å². The van der Waals surface area contributed by atoms with Crippen LogP contribution in [0, 0.1) is 5.92 Å². The van der Waals surface area contributed by atoms with Gasteiger partial charge in [-0.25, -0.2) is 4.79 Å². The van der Waals surface area contributed by atoms with E-state index in [-0.39, 0.29) is 5.91 Å². The highest BCUT2D eigenvalue weighted by molar-refractivity contribution is 9.10. The first-order chi connectivity index (χ1) is 12.7. The van der Waals surface area contributed by atoms with Crippen LogP contribution in [-0.4, -0.2) is 41.6 Å². The number of piperidine rings is 1. The lowest BCUT2D eigenvalue weighted by Crippen LogP contribution is -2.51. The van der Waals surface area contributed by atoms with Crippen molar-refractivity contribution in [2.75, 3.05) is 13.1 Å². The molecule has 1 heterocycles. The zero-order valence-electron chi connectivity index (χ0n) is 16.8. The van der Waals surface area contributed by atoms with Gasteiger partial charge in [0, 0.05) is 17.6 Å². The van der Waals surface area contributed by atoms with Crippen LogP contribution >= 0.6 is 15.9 Å². The van der Waals surface area contributed by atoms with E-state index in [0.29, 0.717) is 18.8 Å². The average molecular weight is 439 g/mol. The number of ether oxygens (including phenoxy) is 1. The molecule has 0 bridgehead atoms. The van der Waals surface area contributed by atoms with Gasteiger partial charge in [0.2, 0.25) is 5.91 Å². The highest BCUT2D eigenvalue weighted by Gasteiger charge is 2.29. The molecule has 1 fully saturated rings. The van der Waals surface area contributed by atoms with Crippen molar-refractivity contribution in [3.8, 4) is 0 Å². The van der Waals surface area contributed by atoms with Gasteiger partial charge in [0.15, 0.2) is 0 Å². The predicted octanol–water partition coefficient (Wildman–Crippen LogP) is 4.53. The largest absolute Gasteiger partial charge is 0.444 e. The number of nitrogens with zero attached hydrogens (tertiary/aromatic N) is 1. The Morgan fingerprint density at radius 1 is 1.26 bits per heavy atom. The van der Waals surface area contributed by atoms with Gasteiger partial charge >= 0.3 is 6.09 Å². The highest BCUT2D eigenvalue weighted by Crippen LogP contribution is 2.21. The van der Waals surface area contributed by atoms with Gasteiger partial charge < -0.3 is 15.0 Å². The SMILES string of the molecule is CC1CCN(C(=O)C(CCc2ccccc2Br)NC(=O)OC(C)(C)C)CC1. The second-order valence-electron chi connectivity index (χ2n) is 8.34. The van der Waals surface area contributed by atoms with Crippen molar-refractivity contribution in [2.24, 2.45) is 5.92 Å². The maximum absolute atomic E-state index is 13.1. The monoisotopic (exact) mass is 438 g/mol. The van der Waals surface area contributed by atoms with Crippen molar-refractivity contribution in [3.05, 3.63) is 34.3 Å². The Morgan fingerprint density at radius 2 is 1.89 bits per heavy atom. The lowest BCUT2D eigenvalue weighted by molar-refractivity contribution is -0.135. The number of likely N-dealkylation sites (tertiary alicyclic amines) is 1. The second kappa shape index (κ2) is 9.58. The smallest absolute Gasteiger partial charge is 0.408 e. The predicted molar refractivity (Wildman–Crippen MR) is 111 cm³/mol. The average Bonchev–Trinajstić information content (AvgIpc) is 2.58. The summed E-state index contributed by atoms with van der Waals surface area (Å²) < 4.78 is 6.38. The molecule has 1 aliphatic rings. The maximum atomic E-state index is 13.1. The molecule has 1 unspecified atom stereocenters. The Balaban J connectivity index is 2.06. The topological polar surface area (TPSA) is 58.6 Å². The van der Waals surface area contributed by atoms with Crippen molar-refractivity contribution < 1.29 is 14.3 Å². The number of carbonyl (C=O) groups excluding carboxylic acids is 2. The van der Waals surface area contributed by atoms with Crippen LogP contribution in [0.4, 0.5) is 4.79 Å². The van der Waals surface area contributed by atoms with E-state index in [1.54, 1.807) is 0 Å². The number of benzene rings is 1. The molecule has 0 spiro atoms. The van der Waals surface area contributed by atoms with Crippen LogP contribution in [0.25, 0.3) is 0 Å². The van der Waals surface area contributed by atoms with Crippen LogP contribution in [0.1, 0.15) is 52.5 Å². The number of hydrogen-bond donors (Lipinski definition) is 1. The van der Waals surface area contributed by atoms with Gasteiger partial charge in [0.1, 0.15) is 11.6 Å². The number of carbonyl (C=O) groups is 2. The molecule has 2 amide bonds. The molecule has 0 saturated carbocycles. The summed E-state index contributed by atoms with van der Waals surface area (Å²) in [5.74, 6) is 0.631. The Labute approximate surface area is 171 Å². The van der Waals surface area contributed by atoms with E-state index < -0.39 is 17.7 Å². The lowest BCUT2D eigenvalue weighted by atomic mass is 9.97. The van der Waals surface area contributed by atoms with Crippen LogP contribution in [0.2, 0.25) is 0 Å². The van der Waals surface area contributed by atoms with Crippen molar-refractivity contribution >= 4 is 27.9 Å². The van der Waals surface area contributed by atoms with Gasteiger partial charge in [-0.05, 0) is 64.0 Å². The zero-order valence-corrected chi connectivity index (χ0v) is 18.3. The quantitative estimate of drug-likeness (QED) is 0.733. The minimum Gasteiger partial charge on any atom is -0.444 e. The van der Waals surface area contributed by atoms with Crippen LogP contribution in [0.5, 0.6) is 0 Å². The molecule has 150 valence electrons. The summed E-state index contributed by atoms with van der Waals surface area (Å²) in [5.41, 5.74) is 0.523. The molecule has 1 aromatic carbocycles. The van der Waals surface area contributed by atoms with E-state index in [1.807, 2.05) is 49.9 Å². The number of hydrogen-bond acceptors (Lipinski definition) is 3. The van der Waals surface area contributed by atoms with Crippen molar-refractivity contribution in [3.63, 3.8) is 0 Å². The second-order valence-corrected chi connectivity index (χ2v) is 9.19. The molecule has 0 aliphatic carbocycles. The fraction of sp³-hybridized carbons (Fsp3) is 0.619. The zero-order chi connectivity index (χ0) is 20.0. The normalized spacial score (nSPS) is 16.7. The van der Waals surface area contributed by atoms with E-state index in [0.717, 1.165) is 36.0 Å². The Hall–Kier alpha value is -1.56. The maximum Gasteiger partial charge on any atom is 0.408 e. The van der Waals surface area contributed by atoms with Gasteiger partial charge in [0.05, 0.1) is 0 Å². The van der Waals surface area contributed by atoms with Crippen LogP contribution < -0.4 is 5.32 Å².